The van der Waals surface area contributed by atoms with E-state index in [4.69, 9.17) is 0 Å². The van der Waals surface area contributed by atoms with Crippen molar-refractivity contribution in [1.29, 1.82) is 5.26 Å². The van der Waals surface area contributed by atoms with Crippen LogP contribution in [-0.2, 0) is 10.4 Å². The molecule has 1 atom stereocenters. The van der Waals surface area contributed by atoms with E-state index >= 15 is 0 Å². The molecule has 3 rings (SSSR count). The van der Waals surface area contributed by atoms with Gasteiger partial charge in [0.05, 0.1) is 24.0 Å². The molecule has 0 aromatic carbocycles. The summed E-state index contributed by atoms with van der Waals surface area (Å²) in [6, 6.07) is 3.16. The Labute approximate surface area is 145 Å². The van der Waals surface area contributed by atoms with E-state index in [1.807, 2.05) is 19.1 Å². The van der Waals surface area contributed by atoms with Crippen molar-refractivity contribution >= 4 is 17.1 Å². The van der Waals surface area contributed by atoms with Gasteiger partial charge in [-0.05, 0) is 37.1 Å². The van der Waals surface area contributed by atoms with E-state index in [0.717, 1.165) is 17.5 Å². The molecule has 1 aromatic rings. The molecular weight excluding hydrogens is 321 g/mol. The zero-order valence-electron chi connectivity index (χ0n) is 14.3. The predicted octanol–water partition coefficient (Wildman–Crippen LogP) is 2.72. The third-order valence-corrected chi connectivity index (χ3v) is 4.57. The van der Waals surface area contributed by atoms with E-state index in [1.165, 1.54) is 12.1 Å². The van der Waals surface area contributed by atoms with E-state index in [2.05, 4.69) is 9.98 Å². The third-order valence-electron chi connectivity index (χ3n) is 4.57. The molecule has 5 nitrogen and oxygen atoms in total. The number of Topliss-reactive ketones (excluding diaryl/α,β-unsaturated/α-hetero) is 1. The van der Waals surface area contributed by atoms with Crippen LogP contribution in [0.4, 0.5) is 4.39 Å². The molecule has 25 heavy (non-hydrogen) atoms. The highest BCUT2D eigenvalue weighted by Gasteiger charge is 2.47. The second-order valence-electron chi connectivity index (χ2n) is 7.16. The number of ketones is 1. The number of rotatable bonds is 2. The highest BCUT2D eigenvalue weighted by atomic mass is 19.1. The molecular formula is C19H18FN3O2. The quantitative estimate of drug-likeness (QED) is 0.897. The molecule has 1 unspecified atom stereocenters. The number of nitrogens with zero attached hydrogens (tertiary/aromatic N) is 3. The van der Waals surface area contributed by atoms with E-state index in [9.17, 15) is 19.6 Å². The normalized spacial score (nSPS) is 25.1. The molecule has 0 saturated carbocycles. The summed E-state index contributed by atoms with van der Waals surface area (Å²) in [5, 5.41) is 20.5. The van der Waals surface area contributed by atoms with Gasteiger partial charge in [-0.3, -0.25) is 14.8 Å². The van der Waals surface area contributed by atoms with Crippen LogP contribution in [0.15, 0.2) is 35.0 Å². The molecule has 6 heteroatoms. The van der Waals surface area contributed by atoms with Gasteiger partial charge in [-0.25, -0.2) is 4.39 Å². The van der Waals surface area contributed by atoms with Gasteiger partial charge in [0.15, 0.2) is 5.78 Å². The number of allylic oxidation sites excluding steroid dienone is 2. The van der Waals surface area contributed by atoms with Crippen LogP contribution >= 0.6 is 0 Å². The van der Waals surface area contributed by atoms with E-state index in [0.29, 0.717) is 12.1 Å². The van der Waals surface area contributed by atoms with Crippen LogP contribution in [0.3, 0.4) is 0 Å². The summed E-state index contributed by atoms with van der Waals surface area (Å²) in [7, 11) is 0. The van der Waals surface area contributed by atoms with Gasteiger partial charge >= 0.3 is 0 Å². The third kappa shape index (κ3) is 2.92. The predicted molar refractivity (Wildman–Crippen MR) is 91.1 cm³/mol. The topological polar surface area (TPSA) is 86.3 Å². The minimum atomic E-state index is -1.64. The van der Waals surface area contributed by atoms with Crippen LogP contribution in [0, 0.1) is 22.6 Å². The number of aliphatic hydroxyl groups is 1. The molecule has 1 aromatic heterocycles. The number of aromatic nitrogens is 1. The Morgan fingerprint density at radius 2 is 2.12 bits per heavy atom. The number of carbonyl (C=O) groups is 1. The lowest BCUT2D eigenvalue weighted by Gasteiger charge is -2.38. The van der Waals surface area contributed by atoms with Crippen molar-refractivity contribution in [2.45, 2.75) is 32.8 Å². The Hall–Kier alpha value is -2.65. The summed E-state index contributed by atoms with van der Waals surface area (Å²) in [5.74, 6) is -0.842. The van der Waals surface area contributed by atoms with Crippen molar-refractivity contribution < 1.29 is 14.3 Å². The lowest BCUT2D eigenvalue weighted by atomic mass is 9.68. The maximum atomic E-state index is 13.8. The molecule has 128 valence electrons. The summed E-state index contributed by atoms with van der Waals surface area (Å²) in [5.41, 5.74) is -0.440. The summed E-state index contributed by atoms with van der Waals surface area (Å²) in [4.78, 5) is 20.7. The molecule has 2 aliphatic rings. The average Bonchev–Trinajstić information content (AvgIpc) is 2.96. The number of carbonyl (C=O) groups excluding carboxylic acids is 1. The van der Waals surface area contributed by atoms with Crippen LogP contribution in [0.2, 0.25) is 0 Å². The molecule has 0 fully saturated rings. The minimum absolute atomic E-state index is 0.0583. The van der Waals surface area contributed by atoms with Crippen LogP contribution in [-0.4, -0.2) is 28.1 Å². The Balaban J connectivity index is 2.20. The fourth-order valence-corrected chi connectivity index (χ4v) is 3.45. The van der Waals surface area contributed by atoms with Crippen molar-refractivity contribution in [2.75, 3.05) is 6.54 Å². The fourth-order valence-electron chi connectivity index (χ4n) is 3.45. The number of halogens is 1. The van der Waals surface area contributed by atoms with Crippen molar-refractivity contribution in [2.24, 2.45) is 10.4 Å². The van der Waals surface area contributed by atoms with Crippen LogP contribution in [0.25, 0.3) is 5.57 Å². The first kappa shape index (κ1) is 17.2. The smallest absolute Gasteiger partial charge is 0.178 e. The largest absolute Gasteiger partial charge is 0.379 e. The zero-order chi connectivity index (χ0) is 18.4. The number of pyridine rings is 1. The molecule has 0 radical (unpaired) electrons. The van der Waals surface area contributed by atoms with Gasteiger partial charge in [0.25, 0.3) is 0 Å². The maximum absolute atomic E-state index is 13.8. The van der Waals surface area contributed by atoms with E-state index in [-0.39, 0.29) is 23.5 Å². The van der Waals surface area contributed by atoms with Gasteiger partial charge < -0.3 is 5.11 Å². The molecule has 1 aliphatic heterocycles. The van der Waals surface area contributed by atoms with Crippen molar-refractivity contribution in [3.05, 3.63) is 47.1 Å². The molecule has 0 spiro atoms. The van der Waals surface area contributed by atoms with E-state index < -0.39 is 16.8 Å². The van der Waals surface area contributed by atoms with Gasteiger partial charge in [-0.1, -0.05) is 13.8 Å². The van der Waals surface area contributed by atoms with Gasteiger partial charge in [-0.15, -0.1) is 0 Å². The molecule has 1 N–H and O–H groups in total. The van der Waals surface area contributed by atoms with E-state index in [1.54, 1.807) is 13.8 Å². The highest BCUT2D eigenvalue weighted by molar-refractivity contribution is 6.05. The SMILES string of the molecule is CC1=NCC(c2cc(F)cnc2C2(O)C=C(C#N)C(=O)C(C)(C)C2)=C1. The average molecular weight is 339 g/mol. The second kappa shape index (κ2) is 5.71. The van der Waals surface area contributed by atoms with Crippen LogP contribution in [0.5, 0.6) is 0 Å². The highest BCUT2D eigenvalue weighted by Crippen LogP contribution is 2.44. The lowest BCUT2D eigenvalue weighted by Crippen LogP contribution is -2.42. The van der Waals surface area contributed by atoms with Crippen molar-refractivity contribution in [3.63, 3.8) is 0 Å². The monoisotopic (exact) mass is 339 g/mol. The molecule has 0 bridgehead atoms. The standard InChI is InChI=1S/C19H18FN3O2/c1-11-4-12(8-22-11)15-5-14(20)9-23-16(15)19(25)6-13(7-21)17(24)18(2,3)10-19/h4-6,9,25H,8,10H2,1-3H3. The Kier molecular flexibility index (Phi) is 3.92. The van der Waals surface area contributed by atoms with Crippen LogP contribution in [0.1, 0.15) is 38.4 Å². The summed E-state index contributed by atoms with van der Waals surface area (Å²) in [6.45, 7) is 5.56. The Bertz CT molecular complexity index is 906. The Morgan fingerprint density at radius 3 is 2.72 bits per heavy atom. The van der Waals surface area contributed by atoms with Gasteiger partial charge in [0.1, 0.15) is 17.5 Å². The number of aliphatic imine (C=N–C) groups is 1. The second-order valence-corrected chi connectivity index (χ2v) is 7.16. The number of hydrogen-bond donors (Lipinski definition) is 1. The summed E-state index contributed by atoms with van der Waals surface area (Å²) >= 11 is 0. The fraction of sp³-hybridized carbons (Fsp3) is 0.368. The number of nitriles is 1. The molecule has 1 aliphatic carbocycles. The van der Waals surface area contributed by atoms with Crippen molar-refractivity contribution in [3.8, 4) is 6.07 Å². The molecule has 0 saturated heterocycles. The zero-order valence-corrected chi connectivity index (χ0v) is 14.3. The van der Waals surface area contributed by atoms with Gasteiger partial charge in [0, 0.05) is 16.7 Å². The minimum Gasteiger partial charge on any atom is -0.379 e. The summed E-state index contributed by atoms with van der Waals surface area (Å²) < 4.78 is 13.8. The number of hydrogen-bond acceptors (Lipinski definition) is 5. The first-order valence-corrected chi connectivity index (χ1v) is 7.94. The van der Waals surface area contributed by atoms with Gasteiger partial charge in [0.2, 0.25) is 0 Å². The molecule has 2 heterocycles. The lowest BCUT2D eigenvalue weighted by molar-refractivity contribution is -0.127. The van der Waals surface area contributed by atoms with Crippen molar-refractivity contribution in [1.82, 2.24) is 4.98 Å². The first-order chi connectivity index (χ1) is 11.7. The molecule has 0 amide bonds. The Morgan fingerprint density at radius 1 is 1.40 bits per heavy atom. The maximum Gasteiger partial charge on any atom is 0.178 e. The summed E-state index contributed by atoms with van der Waals surface area (Å²) in [6.07, 6.45) is 4.15. The van der Waals surface area contributed by atoms with Gasteiger partial charge in [-0.2, -0.15) is 5.26 Å². The first-order valence-electron chi connectivity index (χ1n) is 7.94. The van der Waals surface area contributed by atoms with Crippen LogP contribution < -0.4 is 0 Å².